The number of carbonyl (C=O) groups is 1. The zero-order valence-corrected chi connectivity index (χ0v) is 13.6. The molecule has 4 rings (SSSR count). The first-order valence-corrected chi connectivity index (χ1v) is 8.82. The van der Waals surface area contributed by atoms with E-state index in [1.165, 1.54) is 0 Å². The Labute approximate surface area is 139 Å². The number of rotatable bonds is 3. The molecular weight excluding hydrogens is 310 g/mol. The van der Waals surface area contributed by atoms with Gasteiger partial charge in [0.1, 0.15) is 11.1 Å². The molecule has 120 valence electrons. The van der Waals surface area contributed by atoms with E-state index >= 15 is 0 Å². The topological polar surface area (TPSA) is 54.5 Å². The summed E-state index contributed by atoms with van der Waals surface area (Å²) in [6.07, 6.45) is 2.34. The SMILES string of the molecule is O=C1CN(Cc2csc([C@@H]3CCCO3)n2)Cc2ccccc2N1. The van der Waals surface area contributed by atoms with Crippen LogP contribution in [-0.4, -0.2) is 28.9 Å². The summed E-state index contributed by atoms with van der Waals surface area (Å²) < 4.78 is 5.70. The first kappa shape index (κ1) is 14.8. The van der Waals surface area contributed by atoms with Crippen LogP contribution in [0.3, 0.4) is 0 Å². The number of carbonyl (C=O) groups excluding carboxylic acids is 1. The summed E-state index contributed by atoms with van der Waals surface area (Å²) in [7, 11) is 0. The predicted molar refractivity (Wildman–Crippen MR) is 89.2 cm³/mol. The lowest BCUT2D eigenvalue weighted by atomic mass is 10.1. The number of amides is 1. The van der Waals surface area contributed by atoms with Crippen molar-refractivity contribution >= 4 is 22.9 Å². The highest BCUT2D eigenvalue weighted by atomic mass is 32.1. The number of nitrogens with one attached hydrogen (secondary N) is 1. The maximum absolute atomic E-state index is 12.1. The van der Waals surface area contributed by atoms with Crippen molar-refractivity contribution in [2.24, 2.45) is 0 Å². The number of para-hydroxylation sites is 1. The molecule has 0 spiro atoms. The van der Waals surface area contributed by atoms with Crippen molar-refractivity contribution in [2.75, 3.05) is 18.5 Å². The summed E-state index contributed by atoms with van der Waals surface area (Å²) in [4.78, 5) is 18.9. The van der Waals surface area contributed by atoms with Crippen LogP contribution < -0.4 is 5.32 Å². The smallest absolute Gasteiger partial charge is 0.238 e. The maximum Gasteiger partial charge on any atom is 0.238 e. The van der Waals surface area contributed by atoms with Gasteiger partial charge in [0.15, 0.2) is 0 Å². The van der Waals surface area contributed by atoms with E-state index in [9.17, 15) is 4.79 Å². The molecule has 2 aliphatic heterocycles. The highest BCUT2D eigenvalue weighted by molar-refractivity contribution is 7.09. The van der Waals surface area contributed by atoms with Crippen LogP contribution in [0.15, 0.2) is 29.6 Å². The van der Waals surface area contributed by atoms with Gasteiger partial charge in [-0.05, 0) is 24.5 Å². The lowest BCUT2D eigenvalue weighted by Gasteiger charge is -2.17. The van der Waals surface area contributed by atoms with Gasteiger partial charge in [-0.2, -0.15) is 0 Å². The van der Waals surface area contributed by atoms with Crippen molar-refractivity contribution < 1.29 is 9.53 Å². The molecule has 2 aliphatic rings. The van der Waals surface area contributed by atoms with Gasteiger partial charge in [0.2, 0.25) is 5.91 Å². The van der Waals surface area contributed by atoms with E-state index in [0.29, 0.717) is 13.1 Å². The molecule has 0 bridgehead atoms. The first-order chi connectivity index (χ1) is 11.3. The molecule has 1 aromatic carbocycles. The maximum atomic E-state index is 12.1. The third kappa shape index (κ3) is 3.29. The molecule has 5 nitrogen and oxygen atoms in total. The van der Waals surface area contributed by atoms with E-state index in [0.717, 1.165) is 47.9 Å². The van der Waals surface area contributed by atoms with Crippen LogP contribution >= 0.6 is 11.3 Å². The summed E-state index contributed by atoms with van der Waals surface area (Å²) >= 11 is 1.66. The lowest BCUT2D eigenvalue weighted by molar-refractivity contribution is -0.117. The number of aromatic nitrogens is 1. The van der Waals surface area contributed by atoms with Gasteiger partial charge in [0, 0.05) is 30.8 Å². The average Bonchev–Trinajstić information content (AvgIpc) is 3.17. The van der Waals surface area contributed by atoms with Crippen molar-refractivity contribution in [3.05, 3.63) is 45.9 Å². The number of benzene rings is 1. The van der Waals surface area contributed by atoms with Crippen LogP contribution in [0.25, 0.3) is 0 Å². The lowest BCUT2D eigenvalue weighted by Crippen LogP contribution is -2.29. The number of hydrogen-bond donors (Lipinski definition) is 1. The van der Waals surface area contributed by atoms with E-state index < -0.39 is 0 Å². The van der Waals surface area contributed by atoms with E-state index in [-0.39, 0.29) is 12.0 Å². The molecule has 23 heavy (non-hydrogen) atoms. The number of fused-ring (bicyclic) bond motifs is 1. The van der Waals surface area contributed by atoms with Gasteiger partial charge in [-0.1, -0.05) is 18.2 Å². The Morgan fingerprint density at radius 3 is 3.13 bits per heavy atom. The van der Waals surface area contributed by atoms with Crippen LogP contribution in [0.5, 0.6) is 0 Å². The Bertz CT molecular complexity index is 709. The molecule has 1 N–H and O–H groups in total. The van der Waals surface area contributed by atoms with Gasteiger partial charge in [-0.3, -0.25) is 9.69 Å². The summed E-state index contributed by atoms with van der Waals surface area (Å²) in [6.45, 7) is 2.66. The normalized spacial score (nSPS) is 21.7. The molecule has 1 fully saturated rings. The van der Waals surface area contributed by atoms with Gasteiger partial charge >= 0.3 is 0 Å². The van der Waals surface area contributed by atoms with E-state index in [4.69, 9.17) is 9.72 Å². The number of ether oxygens (including phenoxy) is 1. The van der Waals surface area contributed by atoms with Gasteiger partial charge in [-0.15, -0.1) is 11.3 Å². The summed E-state index contributed by atoms with van der Waals surface area (Å²) in [5.41, 5.74) is 3.08. The first-order valence-electron chi connectivity index (χ1n) is 7.94. The second-order valence-corrected chi connectivity index (χ2v) is 6.92. The Balaban J connectivity index is 1.49. The third-order valence-electron chi connectivity index (χ3n) is 4.21. The molecule has 1 amide bonds. The fraction of sp³-hybridized carbons (Fsp3) is 0.412. The minimum absolute atomic E-state index is 0.0320. The third-order valence-corrected chi connectivity index (χ3v) is 5.20. The molecule has 3 heterocycles. The Kier molecular flexibility index (Phi) is 4.11. The number of anilines is 1. The van der Waals surface area contributed by atoms with E-state index in [1.807, 2.05) is 18.2 Å². The monoisotopic (exact) mass is 329 g/mol. The van der Waals surface area contributed by atoms with Gasteiger partial charge < -0.3 is 10.1 Å². The second-order valence-electron chi connectivity index (χ2n) is 6.03. The van der Waals surface area contributed by atoms with Crippen molar-refractivity contribution in [3.8, 4) is 0 Å². The Hall–Kier alpha value is -1.76. The number of hydrogen-bond acceptors (Lipinski definition) is 5. The number of thiazole rings is 1. The summed E-state index contributed by atoms with van der Waals surface area (Å²) in [6, 6.07) is 7.97. The summed E-state index contributed by atoms with van der Waals surface area (Å²) in [5.74, 6) is 0.0320. The minimum Gasteiger partial charge on any atom is -0.371 e. The van der Waals surface area contributed by atoms with Crippen molar-refractivity contribution in [1.82, 2.24) is 9.88 Å². The van der Waals surface area contributed by atoms with E-state index in [1.54, 1.807) is 11.3 Å². The van der Waals surface area contributed by atoms with Crippen LogP contribution in [0.4, 0.5) is 5.69 Å². The molecule has 2 aromatic rings. The molecule has 1 saturated heterocycles. The summed E-state index contributed by atoms with van der Waals surface area (Å²) in [5, 5.41) is 6.13. The molecule has 0 unspecified atom stereocenters. The van der Waals surface area contributed by atoms with Crippen molar-refractivity contribution in [1.29, 1.82) is 0 Å². The second kappa shape index (κ2) is 6.39. The predicted octanol–water partition coefficient (Wildman–Crippen LogP) is 2.95. The van der Waals surface area contributed by atoms with E-state index in [2.05, 4.69) is 21.7 Å². The van der Waals surface area contributed by atoms with Crippen LogP contribution in [0, 0.1) is 0 Å². The Morgan fingerprint density at radius 1 is 1.35 bits per heavy atom. The zero-order valence-electron chi connectivity index (χ0n) is 12.8. The van der Waals surface area contributed by atoms with Gasteiger partial charge in [-0.25, -0.2) is 4.98 Å². The van der Waals surface area contributed by atoms with Crippen molar-refractivity contribution in [3.63, 3.8) is 0 Å². The minimum atomic E-state index is 0.0320. The number of nitrogens with zero attached hydrogens (tertiary/aromatic N) is 2. The van der Waals surface area contributed by atoms with Crippen molar-refractivity contribution in [2.45, 2.75) is 32.0 Å². The highest BCUT2D eigenvalue weighted by Gasteiger charge is 2.23. The zero-order chi connectivity index (χ0) is 15.6. The highest BCUT2D eigenvalue weighted by Crippen LogP contribution is 2.31. The standard InChI is InChI=1S/C17H19N3O2S/c21-16-10-20(8-12-4-1-2-5-14(12)19-16)9-13-11-23-17(18-13)15-6-3-7-22-15/h1-2,4-5,11,15H,3,6-10H2,(H,19,21)/t15-/m0/s1. The molecule has 0 radical (unpaired) electrons. The largest absolute Gasteiger partial charge is 0.371 e. The Morgan fingerprint density at radius 2 is 2.26 bits per heavy atom. The molecule has 6 heteroatoms. The van der Waals surface area contributed by atoms with Crippen LogP contribution in [-0.2, 0) is 22.6 Å². The molecule has 1 aromatic heterocycles. The molecule has 0 saturated carbocycles. The molecule has 1 atom stereocenters. The van der Waals surface area contributed by atoms with Gasteiger partial charge in [0.05, 0.1) is 12.2 Å². The van der Waals surface area contributed by atoms with Crippen LogP contribution in [0.1, 0.15) is 35.2 Å². The average molecular weight is 329 g/mol. The quantitative estimate of drug-likeness (QED) is 0.941. The molecule has 0 aliphatic carbocycles. The fourth-order valence-corrected chi connectivity index (χ4v) is 4.02. The fourth-order valence-electron chi connectivity index (χ4n) is 3.13. The van der Waals surface area contributed by atoms with Crippen LogP contribution in [0.2, 0.25) is 0 Å². The van der Waals surface area contributed by atoms with Gasteiger partial charge in [0.25, 0.3) is 0 Å². The molecular formula is C17H19N3O2S.